The summed E-state index contributed by atoms with van der Waals surface area (Å²) in [6, 6.07) is -0.128. The van der Waals surface area contributed by atoms with Crippen LogP contribution in [0.5, 0.6) is 0 Å². The summed E-state index contributed by atoms with van der Waals surface area (Å²) >= 11 is 1.49. The van der Waals surface area contributed by atoms with E-state index in [0.29, 0.717) is 23.5 Å². The van der Waals surface area contributed by atoms with Crippen LogP contribution in [0.15, 0.2) is 6.20 Å². The van der Waals surface area contributed by atoms with Crippen molar-refractivity contribution in [3.63, 3.8) is 0 Å². The maximum absolute atomic E-state index is 12.4. The molecule has 2 aliphatic rings. The molecule has 22 heavy (non-hydrogen) atoms. The molecule has 1 aromatic heterocycles. The van der Waals surface area contributed by atoms with E-state index in [1.807, 2.05) is 4.68 Å². The summed E-state index contributed by atoms with van der Waals surface area (Å²) in [5.74, 6) is 1.33. The van der Waals surface area contributed by atoms with Gasteiger partial charge in [0.1, 0.15) is 6.04 Å². The smallest absolute Gasteiger partial charge is 0.247 e. The minimum Gasteiger partial charge on any atom is -0.343 e. The van der Waals surface area contributed by atoms with Gasteiger partial charge in [-0.15, -0.1) is 11.8 Å². The molecular weight excluding hydrogens is 300 g/mol. The molecule has 1 saturated carbocycles. The molecule has 2 atom stereocenters. The minimum absolute atomic E-state index is 0.0749. The number of nitrogens with one attached hydrogen (secondary N) is 2. The van der Waals surface area contributed by atoms with Crippen molar-refractivity contribution in [2.24, 2.45) is 0 Å². The maximum Gasteiger partial charge on any atom is 0.247 e. The zero-order valence-corrected chi connectivity index (χ0v) is 13.8. The van der Waals surface area contributed by atoms with Crippen LogP contribution in [0.1, 0.15) is 50.8 Å². The molecule has 0 radical (unpaired) electrons. The van der Waals surface area contributed by atoms with Crippen LogP contribution < -0.4 is 10.6 Å². The third kappa shape index (κ3) is 3.14. The summed E-state index contributed by atoms with van der Waals surface area (Å²) in [5, 5.41) is 10.2. The molecule has 120 valence electrons. The standard InChI is InChI=1S/C15H22N4O2S/c1-3-9(2)19-14(10-4-5-10)11(6-16-19)18-15(21)12-7-22-8-13(20)17-12/h6,9-10,12H,3-5,7-8H2,1-2H3,(H,17,20)(H,18,21)/t9?,12-/m0/s1. The predicted molar refractivity (Wildman–Crippen MR) is 87.1 cm³/mol. The van der Waals surface area contributed by atoms with Crippen LogP contribution in [0, 0.1) is 0 Å². The molecule has 2 fully saturated rings. The highest BCUT2D eigenvalue weighted by Gasteiger charge is 2.33. The van der Waals surface area contributed by atoms with Crippen molar-refractivity contribution in [3.8, 4) is 0 Å². The number of nitrogens with zero attached hydrogens (tertiary/aromatic N) is 2. The summed E-state index contributed by atoms with van der Waals surface area (Å²) in [6.45, 7) is 4.28. The molecule has 0 aromatic carbocycles. The molecule has 2 N–H and O–H groups in total. The highest BCUT2D eigenvalue weighted by molar-refractivity contribution is 8.00. The minimum atomic E-state index is -0.453. The van der Waals surface area contributed by atoms with Gasteiger partial charge in [-0.1, -0.05) is 6.92 Å². The molecule has 0 bridgehead atoms. The van der Waals surface area contributed by atoms with Gasteiger partial charge in [0.25, 0.3) is 0 Å². The number of carbonyl (C=O) groups excluding carboxylic acids is 2. The molecule has 3 rings (SSSR count). The lowest BCUT2D eigenvalue weighted by atomic mass is 10.2. The first kappa shape index (κ1) is 15.4. The molecule has 6 nitrogen and oxygen atoms in total. The van der Waals surface area contributed by atoms with Crippen molar-refractivity contribution in [2.45, 2.75) is 51.1 Å². The third-order valence-corrected chi connectivity index (χ3v) is 5.27. The first-order valence-electron chi connectivity index (χ1n) is 7.85. The molecule has 2 amide bonds. The lowest BCUT2D eigenvalue weighted by molar-refractivity contribution is -0.124. The average molecular weight is 322 g/mol. The number of amides is 2. The average Bonchev–Trinajstić information content (AvgIpc) is 3.27. The van der Waals surface area contributed by atoms with Gasteiger partial charge in [-0.25, -0.2) is 0 Å². The molecular formula is C15H22N4O2S. The fourth-order valence-corrected chi connectivity index (χ4v) is 3.52. The quantitative estimate of drug-likeness (QED) is 0.868. The van der Waals surface area contributed by atoms with Gasteiger partial charge in [-0.2, -0.15) is 5.10 Å². The Morgan fingerprint density at radius 2 is 2.36 bits per heavy atom. The lowest BCUT2D eigenvalue weighted by Gasteiger charge is -2.22. The van der Waals surface area contributed by atoms with Gasteiger partial charge in [0.15, 0.2) is 0 Å². The van der Waals surface area contributed by atoms with Crippen LogP contribution in [0.25, 0.3) is 0 Å². The summed E-state index contributed by atoms with van der Waals surface area (Å²) < 4.78 is 2.04. The van der Waals surface area contributed by atoms with Crippen LogP contribution in [-0.4, -0.2) is 39.1 Å². The van der Waals surface area contributed by atoms with Crippen molar-refractivity contribution in [1.29, 1.82) is 0 Å². The molecule has 0 spiro atoms. The van der Waals surface area contributed by atoms with E-state index in [1.54, 1.807) is 6.20 Å². The Labute approximate surface area is 134 Å². The van der Waals surface area contributed by atoms with Gasteiger partial charge in [-0.05, 0) is 26.2 Å². The fourth-order valence-electron chi connectivity index (χ4n) is 2.66. The van der Waals surface area contributed by atoms with Crippen molar-refractivity contribution < 1.29 is 9.59 Å². The second-order valence-corrected chi connectivity index (χ2v) is 7.07. The monoisotopic (exact) mass is 322 g/mol. The van der Waals surface area contributed by atoms with Gasteiger partial charge < -0.3 is 10.6 Å². The summed E-state index contributed by atoms with van der Waals surface area (Å²) in [7, 11) is 0. The van der Waals surface area contributed by atoms with E-state index < -0.39 is 6.04 Å². The van der Waals surface area contributed by atoms with E-state index in [-0.39, 0.29) is 11.8 Å². The second-order valence-electron chi connectivity index (χ2n) is 6.04. The van der Waals surface area contributed by atoms with Crippen LogP contribution >= 0.6 is 11.8 Å². The van der Waals surface area contributed by atoms with Crippen LogP contribution in [0.3, 0.4) is 0 Å². The van der Waals surface area contributed by atoms with Crippen molar-refractivity contribution in [2.75, 3.05) is 16.8 Å². The van der Waals surface area contributed by atoms with Gasteiger partial charge in [0, 0.05) is 17.7 Å². The Balaban J connectivity index is 1.76. The van der Waals surface area contributed by atoms with Crippen molar-refractivity contribution in [3.05, 3.63) is 11.9 Å². The Hall–Kier alpha value is -1.50. The van der Waals surface area contributed by atoms with E-state index in [9.17, 15) is 9.59 Å². The zero-order valence-electron chi connectivity index (χ0n) is 13.0. The SMILES string of the molecule is CCC(C)n1ncc(NC(=O)[C@@H]2CSCC(=O)N2)c1C1CC1. The van der Waals surface area contributed by atoms with Gasteiger partial charge in [0.2, 0.25) is 11.8 Å². The number of hydrogen-bond acceptors (Lipinski definition) is 4. The zero-order chi connectivity index (χ0) is 15.7. The highest BCUT2D eigenvalue weighted by Crippen LogP contribution is 2.44. The van der Waals surface area contributed by atoms with E-state index in [4.69, 9.17) is 0 Å². The van der Waals surface area contributed by atoms with Crippen molar-refractivity contribution in [1.82, 2.24) is 15.1 Å². The topological polar surface area (TPSA) is 76.0 Å². The summed E-state index contributed by atoms with van der Waals surface area (Å²) in [5.41, 5.74) is 1.94. The van der Waals surface area contributed by atoms with E-state index in [1.165, 1.54) is 11.8 Å². The van der Waals surface area contributed by atoms with Crippen LogP contribution in [0.2, 0.25) is 0 Å². The van der Waals surface area contributed by atoms with Gasteiger partial charge in [-0.3, -0.25) is 14.3 Å². The molecule has 1 aliphatic carbocycles. The Morgan fingerprint density at radius 1 is 1.59 bits per heavy atom. The Morgan fingerprint density at radius 3 is 3.00 bits per heavy atom. The summed E-state index contributed by atoms with van der Waals surface area (Å²) in [6.07, 6.45) is 5.06. The summed E-state index contributed by atoms with van der Waals surface area (Å²) in [4.78, 5) is 23.8. The number of carbonyl (C=O) groups is 2. The van der Waals surface area contributed by atoms with E-state index >= 15 is 0 Å². The Kier molecular flexibility index (Phi) is 4.42. The molecule has 1 aliphatic heterocycles. The number of aromatic nitrogens is 2. The molecule has 1 aromatic rings. The largest absolute Gasteiger partial charge is 0.343 e. The normalized spacial score (nSPS) is 23.0. The second kappa shape index (κ2) is 6.32. The van der Waals surface area contributed by atoms with Gasteiger partial charge in [0.05, 0.1) is 23.3 Å². The number of anilines is 1. The van der Waals surface area contributed by atoms with Crippen molar-refractivity contribution >= 4 is 29.3 Å². The maximum atomic E-state index is 12.4. The number of hydrogen-bond donors (Lipinski definition) is 2. The predicted octanol–water partition coefficient (Wildman–Crippen LogP) is 1.90. The van der Waals surface area contributed by atoms with Gasteiger partial charge >= 0.3 is 0 Å². The lowest BCUT2D eigenvalue weighted by Crippen LogP contribution is -2.49. The molecule has 1 unspecified atom stereocenters. The van der Waals surface area contributed by atoms with Crippen LogP contribution in [0.4, 0.5) is 5.69 Å². The molecule has 1 saturated heterocycles. The number of rotatable bonds is 5. The fraction of sp³-hybridized carbons (Fsp3) is 0.667. The first-order valence-corrected chi connectivity index (χ1v) is 9.01. The third-order valence-electron chi connectivity index (χ3n) is 4.23. The first-order chi connectivity index (χ1) is 10.6. The van der Waals surface area contributed by atoms with E-state index in [0.717, 1.165) is 30.6 Å². The Bertz CT molecular complexity index is 582. The van der Waals surface area contributed by atoms with Crippen LogP contribution in [-0.2, 0) is 9.59 Å². The molecule has 7 heteroatoms. The molecule has 2 heterocycles. The number of thioether (sulfide) groups is 1. The van der Waals surface area contributed by atoms with E-state index in [2.05, 4.69) is 29.6 Å². The highest BCUT2D eigenvalue weighted by atomic mass is 32.2.